The van der Waals surface area contributed by atoms with Gasteiger partial charge < -0.3 is 10.1 Å². The average Bonchev–Trinajstić information content (AvgIpc) is 2.75. The number of sulfonamides is 1. The third kappa shape index (κ3) is 5.42. The van der Waals surface area contributed by atoms with Gasteiger partial charge in [0, 0.05) is 9.26 Å². The van der Waals surface area contributed by atoms with Crippen molar-refractivity contribution in [3.8, 4) is 5.75 Å². The third-order valence-corrected chi connectivity index (χ3v) is 7.60. The number of hydrogen-bond donors (Lipinski definition) is 1. The van der Waals surface area contributed by atoms with Crippen molar-refractivity contribution in [2.24, 2.45) is 0 Å². The smallest absolute Gasteiger partial charge is 0.268 e. The highest BCUT2D eigenvalue weighted by Gasteiger charge is 2.30. The predicted octanol–water partition coefficient (Wildman–Crippen LogP) is 5.06. The summed E-state index contributed by atoms with van der Waals surface area (Å²) in [6.07, 6.45) is 0. The molecule has 0 aliphatic rings. The van der Waals surface area contributed by atoms with Crippen molar-refractivity contribution in [1.82, 2.24) is 0 Å². The standard InChI is InChI=1S/C24H25IN2O4S/c1-16-5-12-22(31-4)23(13-16)32(29,30)27(21-11-6-17(2)18(3)14-21)15-24(28)26-20-9-7-19(25)8-10-20/h5-14H,15H2,1-4H3,(H,26,28). The van der Waals surface area contributed by atoms with Crippen LogP contribution in [0.2, 0.25) is 0 Å². The zero-order chi connectivity index (χ0) is 23.5. The Labute approximate surface area is 202 Å². The van der Waals surface area contributed by atoms with Crippen LogP contribution in [0, 0.1) is 24.3 Å². The van der Waals surface area contributed by atoms with Crippen LogP contribution in [0.1, 0.15) is 16.7 Å². The molecule has 0 radical (unpaired) electrons. The van der Waals surface area contributed by atoms with Crippen LogP contribution in [0.5, 0.6) is 5.75 Å². The molecule has 32 heavy (non-hydrogen) atoms. The van der Waals surface area contributed by atoms with Crippen LogP contribution in [0.15, 0.2) is 65.6 Å². The monoisotopic (exact) mass is 564 g/mol. The number of aryl methyl sites for hydroxylation is 3. The lowest BCUT2D eigenvalue weighted by atomic mass is 10.1. The molecule has 0 unspecified atom stereocenters. The quantitative estimate of drug-likeness (QED) is 0.408. The zero-order valence-electron chi connectivity index (χ0n) is 18.3. The molecule has 8 heteroatoms. The summed E-state index contributed by atoms with van der Waals surface area (Å²) >= 11 is 2.18. The Balaban J connectivity index is 2.04. The summed E-state index contributed by atoms with van der Waals surface area (Å²) in [5, 5.41) is 2.78. The fourth-order valence-electron chi connectivity index (χ4n) is 3.16. The van der Waals surface area contributed by atoms with Crippen molar-refractivity contribution >= 4 is 49.9 Å². The molecular weight excluding hydrogens is 539 g/mol. The van der Waals surface area contributed by atoms with Gasteiger partial charge in [-0.25, -0.2) is 8.42 Å². The van der Waals surface area contributed by atoms with E-state index < -0.39 is 15.9 Å². The number of nitrogens with zero attached hydrogens (tertiary/aromatic N) is 1. The molecule has 0 spiro atoms. The molecule has 0 bridgehead atoms. The second kappa shape index (κ2) is 9.91. The van der Waals surface area contributed by atoms with Crippen molar-refractivity contribution in [1.29, 1.82) is 0 Å². The number of methoxy groups -OCH3 is 1. The van der Waals surface area contributed by atoms with Crippen molar-refractivity contribution in [2.45, 2.75) is 25.7 Å². The van der Waals surface area contributed by atoms with Crippen LogP contribution in [0.25, 0.3) is 0 Å². The van der Waals surface area contributed by atoms with Gasteiger partial charge >= 0.3 is 0 Å². The third-order valence-electron chi connectivity index (χ3n) is 5.08. The molecular formula is C24H25IN2O4S. The SMILES string of the molecule is COc1ccc(C)cc1S(=O)(=O)N(CC(=O)Nc1ccc(I)cc1)c1ccc(C)c(C)c1. The van der Waals surface area contributed by atoms with E-state index in [-0.39, 0.29) is 17.2 Å². The minimum atomic E-state index is -4.10. The first-order chi connectivity index (χ1) is 15.1. The van der Waals surface area contributed by atoms with Gasteiger partial charge in [-0.3, -0.25) is 9.10 Å². The number of benzene rings is 3. The molecule has 0 heterocycles. The normalized spacial score (nSPS) is 11.2. The maximum absolute atomic E-state index is 13.8. The van der Waals surface area contributed by atoms with E-state index in [1.807, 2.05) is 39.0 Å². The Morgan fingerprint density at radius 2 is 1.66 bits per heavy atom. The fourth-order valence-corrected chi connectivity index (χ4v) is 5.18. The Kier molecular flexibility index (Phi) is 7.45. The number of rotatable bonds is 7. The van der Waals surface area contributed by atoms with Gasteiger partial charge in [-0.2, -0.15) is 0 Å². The fraction of sp³-hybridized carbons (Fsp3) is 0.208. The van der Waals surface area contributed by atoms with Gasteiger partial charge in [-0.05, 0) is 109 Å². The second-order valence-corrected chi connectivity index (χ2v) is 10.6. The van der Waals surface area contributed by atoms with Crippen molar-refractivity contribution in [2.75, 3.05) is 23.3 Å². The molecule has 3 aromatic carbocycles. The molecule has 0 aliphatic heterocycles. The van der Waals surface area contributed by atoms with Gasteiger partial charge in [0.25, 0.3) is 10.0 Å². The molecule has 6 nitrogen and oxygen atoms in total. The summed E-state index contributed by atoms with van der Waals surface area (Å²) in [4.78, 5) is 12.9. The molecule has 168 valence electrons. The Hall–Kier alpha value is -2.59. The van der Waals surface area contributed by atoms with Crippen LogP contribution in [0.3, 0.4) is 0 Å². The average molecular weight is 564 g/mol. The lowest BCUT2D eigenvalue weighted by Gasteiger charge is -2.25. The Morgan fingerprint density at radius 1 is 0.969 bits per heavy atom. The van der Waals surface area contributed by atoms with Crippen molar-refractivity contribution < 1.29 is 17.9 Å². The summed E-state index contributed by atoms with van der Waals surface area (Å²) in [6.45, 7) is 5.28. The first-order valence-corrected chi connectivity index (χ1v) is 12.4. The molecule has 0 aliphatic carbocycles. The van der Waals surface area contributed by atoms with E-state index in [2.05, 4.69) is 27.9 Å². The zero-order valence-corrected chi connectivity index (χ0v) is 21.3. The van der Waals surface area contributed by atoms with E-state index >= 15 is 0 Å². The minimum Gasteiger partial charge on any atom is -0.495 e. The van der Waals surface area contributed by atoms with Crippen LogP contribution < -0.4 is 14.4 Å². The van der Waals surface area contributed by atoms with Crippen LogP contribution in [-0.4, -0.2) is 28.0 Å². The maximum atomic E-state index is 13.8. The van der Waals surface area contributed by atoms with Crippen LogP contribution >= 0.6 is 22.6 Å². The molecule has 0 atom stereocenters. The number of amides is 1. The first-order valence-electron chi connectivity index (χ1n) is 9.92. The molecule has 1 N–H and O–H groups in total. The molecule has 0 saturated heterocycles. The van der Waals surface area contributed by atoms with Gasteiger partial charge in [-0.1, -0.05) is 12.1 Å². The number of carbonyl (C=O) groups is 1. The van der Waals surface area contributed by atoms with Gasteiger partial charge in [-0.15, -0.1) is 0 Å². The number of nitrogens with one attached hydrogen (secondary N) is 1. The predicted molar refractivity (Wildman–Crippen MR) is 136 cm³/mol. The van der Waals surface area contributed by atoms with Gasteiger partial charge in [0.05, 0.1) is 12.8 Å². The molecule has 1 amide bonds. The number of carbonyl (C=O) groups excluding carboxylic acids is 1. The van der Waals surface area contributed by atoms with E-state index in [4.69, 9.17) is 4.74 Å². The molecule has 3 aromatic rings. The van der Waals surface area contributed by atoms with Gasteiger partial charge in [0.1, 0.15) is 17.2 Å². The lowest BCUT2D eigenvalue weighted by molar-refractivity contribution is -0.114. The highest BCUT2D eigenvalue weighted by molar-refractivity contribution is 14.1. The number of ether oxygens (including phenoxy) is 1. The van der Waals surface area contributed by atoms with Crippen molar-refractivity contribution in [3.05, 3.63) is 80.9 Å². The Bertz CT molecular complexity index is 1240. The van der Waals surface area contributed by atoms with E-state index in [0.29, 0.717) is 11.4 Å². The van der Waals surface area contributed by atoms with E-state index in [1.54, 1.807) is 42.5 Å². The minimum absolute atomic E-state index is 0.0142. The van der Waals surface area contributed by atoms with Crippen LogP contribution in [0.4, 0.5) is 11.4 Å². The summed E-state index contributed by atoms with van der Waals surface area (Å²) in [7, 11) is -2.67. The van der Waals surface area contributed by atoms with E-state index in [1.165, 1.54) is 7.11 Å². The number of halogens is 1. The topological polar surface area (TPSA) is 75.7 Å². The lowest BCUT2D eigenvalue weighted by Crippen LogP contribution is -2.38. The summed E-state index contributed by atoms with van der Waals surface area (Å²) in [5.41, 5.74) is 3.74. The van der Waals surface area contributed by atoms with Crippen molar-refractivity contribution in [3.63, 3.8) is 0 Å². The summed E-state index contributed by atoms with van der Waals surface area (Å²) in [6, 6.07) is 17.6. The van der Waals surface area contributed by atoms with Gasteiger partial charge in [0.15, 0.2) is 0 Å². The number of anilines is 2. The molecule has 0 saturated carbocycles. The highest BCUT2D eigenvalue weighted by Crippen LogP contribution is 2.31. The van der Waals surface area contributed by atoms with Gasteiger partial charge in [0.2, 0.25) is 5.91 Å². The maximum Gasteiger partial charge on any atom is 0.268 e. The first kappa shape index (κ1) is 24.1. The number of hydrogen-bond acceptors (Lipinski definition) is 4. The molecule has 3 rings (SSSR count). The van der Waals surface area contributed by atoms with Crippen LogP contribution in [-0.2, 0) is 14.8 Å². The largest absolute Gasteiger partial charge is 0.495 e. The van der Waals surface area contributed by atoms with E-state index in [0.717, 1.165) is 24.6 Å². The second-order valence-electron chi connectivity index (χ2n) is 7.49. The Morgan fingerprint density at radius 3 is 2.28 bits per heavy atom. The highest BCUT2D eigenvalue weighted by atomic mass is 127. The molecule has 0 aromatic heterocycles. The van der Waals surface area contributed by atoms with E-state index in [9.17, 15) is 13.2 Å². The summed E-state index contributed by atoms with van der Waals surface area (Å²) in [5.74, 6) is -0.220. The summed E-state index contributed by atoms with van der Waals surface area (Å²) < 4.78 is 35.0. The molecule has 0 fully saturated rings.